The highest BCUT2D eigenvalue weighted by atomic mass is 16.5. The summed E-state index contributed by atoms with van der Waals surface area (Å²) in [6.45, 7) is 8.10. The van der Waals surface area contributed by atoms with Crippen LogP contribution in [0, 0.1) is 11.3 Å². The van der Waals surface area contributed by atoms with Crippen molar-refractivity contribution in [1.29, 1.82) is 0 Å². The predicted molar refractivity (Wildman–Crippen MR) is 91.4 cm³/mol. The van der Waals surface area contributed by atoms with E-state index >= 15 is 0 Å². The van der Waals surface area contributed by atoms with Gasteiger partial charge in [0, 0.05) is 39.4 Å². The molecule has 0 aromatic carbocycles. The SMILES string of the molecule is CN(C)CCN1CCC2(CCN(CC3CCOCC3)CC2)C1=O. The zero-order chi connectivity index (χ0) is 16.3. The maximum atomic E-state index is 12.9. The topological polar surface area (TPSA) is 36.0 Å². The predicted octanol–water partition coefficient (Wildman–Crippen LogP) is 1.29. The Kier molecular flexibility index (Phi) is 5.60. The zero-order valence-electron chi connectivity index (χ0n) is 14.9. The highest BCUT2D eigenvalue weighted by Crippen LogP contribution is 2.41. The Labute approximate surface area is 140 Å². The van der Waals surface area contributed by atoms with Crippen LogP contribution in [0.15, 0.2) is 0 Å². The van der Waals surface area contributed by atoms with E-state index in [2.05, 4.69) is 28.8 Å². The Morgan fingerprint density at radius 2 is 1.78 bits per heavy atom. The van der Waals surface area contributed by atoms with Gasteiger partial charge in [-0.3, -0.25) is 4.79 Å². The van der Waals surface area contributed by atoms with Gasteiger partial charge >= 0.3 is 0 Å². The summed E-state index contributed by atoms with van der Waals surface area (Å²) in [5, 5.41) is 0. The molecule has 0 unspecified atom stereocenters. The van der Waals surface area contributed by atoms with E-state index in [9.17, 15) is 4.79 Å². The quantitative estimate of drug-likeness (QED) is 0.764. The molecule has 0 atom stereocenters. The maximum Gasteiger partial charge on any atom is 0.228 e. The largest absolute Gasteiger partial charge is 0.381 e. The first-order chi connectivity index (χ1) is 11.1. The third-order valence-electron chi connectivity index (χ3n) is 6.09. The van der Waals surface area contributed by atoms with Gasteiger partial charge in [0.2, 0.25) is 5.91 Å². The molecule has 3 saturated heterocycles. The van der Waals surface area contributed by atoms with Crippen LogP contribution in [0.3, 0.4) is 0 Å². The molecule has 3 fully saturated rings. The molecule has 0 saturated carbocycles. The number of hydrogen-bond donors (Lipinski definition) is 0. The number of nitrogens with zero attached hydrogens (tertiary/aromatic N) is 3. The van der Waals surface area contributed by atoms with Crippen molar-refractivity contribution in [3.05, 3.63) is 0 Å². The van der Waals surface area contributed by atoms with Crippen molar-refractivity contribution in [2.45, 2.75) is 32.1 Å². The van der Waals surface area contributed by atoms with E-state index < -0.39 is 0 Å². The highest BCUT2D eigenvalue weighted by Gasteiger charge is 2.47. The van der Waals surface area contributed by atoms with E-state index in [1.54, 1.807) is 0 Å². The molecule has 132 valence electrons. The number of ether oxygens (including phenoxy) is 1. The lowest BCUT2D eigenvalue weighted by atomic mass is 9.77. The fourth-order valence-corrected chi connectivity index (χ4v) is 4.35. The number of carbonyl (C=O) groups is 1. The molecule has 3 rings (SSSR count). The molecular weight excluding hydrogens is 290 g/mol. The highest BCUT2D eigenvalue weighted by molar-refractivity contribution is 5.85. The molecule has 5 nitrogen and oxygen atoms in total. The van der Waals surface area contributed by atoms with E-state index in [1.807, 2.05) is 0 Å². The van der Waals surface area contributed by atoms with Crippen LogP contribution < -0.4 is 0 Å². The van der Waals surface area contributed by atoms with E-state index in [0.29, 0.717) is 5.91 Å². The van der Waals surface area contributed by atoms with Gasteiger partial charge in [-0.15, -0.1) is 0 Å². The van der Waals surface area contributed by atoms with E-state index in [1.165, 1.54) is 19.4 Å². The molecule has 0 bridgehead atoms. The van der Waals surface area contributed by atoms with E-state index in [0.717, 1.165) is 71.1 Å². The summed E-state index contributed by atoms with van der Waals surface area (Å²) in [4.78, 5) is 19.7. The smallest absolute Gasteiger partial charge is 0.228 e. The van der Waals surface area contributed by atoms with Gasteiger partial charge in [-0.05, 0) is 65.2 Å². The summed E-state index contributed by atoms with van der Waals surface area (Å²) in [5.74, 6) is 1.23. The number of rotatable bonds is 5. The van der Waals surface area contributed by atoms with Gasteiger partial charge in [-0.25, -0.2) is 0 Å². The van der Waals surface area contributed by atoms with Gasteiger partial charge in [0.05, 0.1) is 5.41 Å². The second-order valence-electron chi connectivity index (χ2n) is 7.98. The molecule has 0 aromatic rings. The molecule has 5 heteroatoms. The third-order valence-corrected chi connectivity index (χ3v) is 6.09. The molecule has 0 N–H and O–H groups in total. The monoisotopic (exact) mass is 323 g/mol. The number of likely N-dealkylation sites (N-methyl/N-ethyl adjacent to an activating group) is 1. The van der Waals surface area contributed by atoms with Gasteiger partial charge in [-0.2, -0.15) is 0 Å². The summed E-state index contributed by atoms with van der Waals surface area (Å²) < 4.78 is 5.46. The molecule has 3 aliphatic rings. The molecule has 1 spiro atoms. The summed E-state index contributed by atoms with van der Waals surface area (Å²) in [6, 6.07) is 0. The fraction of sp³-hybridized carbons (Fsp3) is 0.944. The molecule has 3 heterocycles. The molecule has 3 aliphatic heterocycles. The Bertz CT molecular complexity index is 399. The maximum absolute atomic E-state index is 12.9. The zero-order valence-corrected chi connectivity index (χ0v) is 14.9. The van der Waals surface area contributed by atoms with E-state index in [4.69, 9.17) is 4.74 Å². The van der Waals surface area contributed by atoms with Crippen molar-refractivity contribution in [2.24, 2.45) is 11.3 Å². The lowest BCUT2D eigenvalue weighted by molar-refractivity contribution is -0.138. The lowest BCUT2D eigenvalue weighted by Crippen LogP contribution is -2.46. The molecule has 0 radical (unpaired) electrons. The summed E-state index contributed by atoms with van der Waals surface area (Å²) in [5.41, 5.74) is -0.0293. The van der Waals surface area contributed by atoms with Crippen LogP contribution in [0.25, 0.3) is 0 Å². The van der Waals surface area contributed by atoms with Gasteiger partial charge in [0.15, 0.2) is 0 Å². The van der Waals surface area contributed by atoms with Gasteiger partial charge in [0.25, 0.3) is 0 Å². The van der Waals surface area contributed by atoms with Crippen molar-refractivity contribution in [3.8, 4) is 0 Å². The first-order valence-electron chi connectivity index (χ1n) is 9.33. The molecule has 23 heavy (non-hydrogen) atoms. The van der Waals surface area contributed by atoms with Crippen LogP contribution in [0.4, 0.5) is 0 Å². The molecule has 1 amide bonds. The Morgan fingerprint density at radius 1 is 1.13 bits per heavy atom. The minimum atomic E-state index is -0.0293. The summed E-state index contributed by atoms with van der Waals surface area (Å²) in [7, 11) is 4.15. The molecule has 0 aliphatic carbocycles. The summed E-state index contributed by atoms with van der Waals surface area (Å²) in [6.07, 6.45) is 5.61. The average molecular weight is 323 g/mol. The second kappa shape index (κ2) is 7.49. The van der Waals surface area contributed by atoms with Crippen LogP contribution in [0.5, 0.6) is 0 Å². The molecule has 0 aromatic heterocycles. The number of likely N-dealkylation sites (tertiary alicyclic amines) is 2. The first kappa shape index (κ1) is 17.2. The number of amides is 1. The minimum absolute atomic E-state index is 0.0293. The van der Waals surface area contributed by atoms with Crippen LogP contribution in [-0.4, -0.2) is 87.2 Å². The van der Waals surface area contributed by atoms with Crippen LogP contribution >= 0.6 is 0 Å². The number of hydrogen-bond acceptors (Lipinski definition) is 4. The molecular formula is C18H33N3O2. The van der Waals surface area contributed by atoms with Gasteiger partial charge in [-0.1, -0.05) is 0 Å². The first-order valence-corrected chi connectivity index (χ1v) is 9.33. The van der Waals surface area contributed by atoms with Crippen LogP contribution in [0.2, 0.25) is 0 Å². The Morgan fingerprint density at radius 3 is 2.43 bits per heavy atom. The summed E-state index contributed by atoms with van der Waals surface area (Å²) >= 11 is 0. The van der Waals surface area contributed by atoms with Crippen molar-refractivity contribution < 1.29 is 9.53 Å². The van der Waals surface area contributed by atoms with Crippen LogP contribution in [-0.2, 0) is 9.53 Å². The Balaban J connectivity index is 1.47. The third kappa shape index (κ3) is 4.06. The second-order valence-corrected chi connectivity index (χ2v) is 7.98. The fourth-order valence-electron chi connectivity index (χ4n) is 4.35. The minimum Gasteiger partial charge on any atom is -0.381 e. The number of piperidine rings is 1. The Hall–Kier alpha value is -0.650. The van der Waals surface area contributed by atoms with Crippen LogP contribution in [0.1, 0.15) is 32.1 Å². The van der Waals surface area contributed by atoms with E-state index in [-0.39, 0.29) is 5.41 Å². The van der Waals surface area contributed by atoms with Crippen molar-refractivity contribution in [3.63, 3.8) is 0 Å². The van der Waals surface area contributed by atoms with Gasteiger partial charge in [0.1, 0.15) is 0 Å². The number of carbonyl (C=O) groups excluding carboxylic acids is 1. The van der Waals surface area contributed by atoms with Crippen molar-refractivity contribution in [2.75, 3.05) is 66.6 Å². The van der Waals surface area contributed by atoms with Crippen molar-refractivity contribution >= 4 is 5.91 Å². The normalized spacial score (nSPS) is 26.6. The van der Waals surface area contributed by atoms with Crippen molar-refractivity contribution in [1.82, 2.24) is 14.7 Å². The van der Waals surface area contributed by atoms with Gasteiger partial charge < -0.3 is 19.4 Å². The standard InChI is InChI=1S/C18H33N3O2/c1-19(2)11-12-21-10-7-18(17(21)22)5-8-20(9-6-18)15-16-3-13-23-14-4-16/h16H,3-15H2,1-2H3. The average Bonchev–Trinajstić information content (AvgIpc) is 2.85. The lowest BCUT2D eigenvalue weighted by Gasteiger charge is -2.39.